The number of fused-ring (bicyclic) bond motifs is 1. The molecule has 1 aliphatic heterocycles. The molecular formula is C15H20N4O. The van der Waals surface area contributed by atoms with E-state index in [-0.39, 0.29) is 0 Å². The van der Waals surface area contributed by atoms with E-state index in [2.05, 4.69) is 14.9 Å². The Morgan fingerprint density at radius 1 is 1.20 bits per heavy atom. The fourth-order valence-electron chi connectivity index (χ4n) is 2.71. The number of ether oxygens (including phenoxy) is 1. The summed E-state index contributed by atoms with van der Waals surface area (Å²) < 4.78 is 5.67. The molecule has 0 aliphatic carbocycles. The molecule has 1 saturated heterocycles. The number of hydrogen-bond acceptors (Lipinski definition) is 5. The molecule has 0 bridgehead atoms. The Hall–Kier alpha value is -1.88. The van der Waals surface area contributed by atoms with Gasteiger partial charge in [0.2, 0.25) is 0 Å². The van der Waals surface area contributed by atoms with E-state index in [1.807, 2.05) is 31.2 Å². The van der Waals surface area contributed by atoms with Crippen LogP contribution in [0.3, 0.4) is 0 Å². The van der Waals surface area contributed by atoms with Gasteiger partial charge in [-0.25, -0.2) is 9.97 Å². The van der Waals surface area contributed by atoms with Crippen molar-refractivity contribution >= 4 is 22.7 Å². The van der Waals surface area contributed by atoms with E-state index in [9.17, 15) is 0 Å². The molecule has 0 unspecified atom stereocenters. The minimum Gasteiger partial charge on any atom is -0.381 e. The third-order valence-corrected chi connectivity index (χ3v) is 3.72. The van der Waals surface area contributed by atoms with E-state index in [0.29, 0.717) is 11.9 Å². The van der Waals surface area contributed by atoms with Gasteiger partial charge in [0.25, 0.3) is 0 Å². The highest BCUT2D eigenvalue weighted by atomic mass is 16.5. The summed E-state index contributed by atoms with van der Waals surface area (Å²) in [6.07, 6.45) is 2.40. The van der Waals surface area contributed by atoms with E-state index in [0.717, 1.165) is 49.4 Å². The molecule has 2 N–H and O–H groups in total. The van der Waals surface area contributed by atoms with Crippen LogP contribution in [-0.2, 0) is 4.74 Å². The second kappa shape index (κ2) is 5.63. The number of nitrogens with two attached hydrogens (primary N) is 1. The topological polar surface area (TPSA) is 64.3 Å². The van der Waals surface area contributed by atoms with Gasteiger partial charge >= 0.3 is 0 Å². The van der Waals surface area contributed by atoms with Gasteiger partial charge in [0.15, 0.2) is 11.6 Å². The Kier molecular flexibility index (Phi) is 3.69. The molecular weight excluding hydrogens is 252 g/mol. The highest BCUT2D eigenvalue weighted by Crippen LogP contribution is 2.25. The van der Waals surface area contributed by atoms with E-state index in [1.54, 1.807) is 0 Å². The van der Waals surface area contributed by atoms with Crippen molar-refractivity contribution in [3.8, 4) is 0 Å². The molecule has 0 saturated carbocycles. The standard InChI is InChI=1S/C15H20N4O/c1-2-20-11-7-9-19(10-8-11)15-14(16)17-12-5-3-4-6-13(12)18-15/h3-6,11H,2,7-10H2,1H3,(H2,16,17). The first-order valence-corrected chi connectivity index (χ1v) is 7.16. The van der Waals surface area contributed by atoms with Gasteiger partial charge in [-0.15, -0.1) is 0 Å². The van der Waals surface area contributed by atoms with E-state index >= 15 is 0 Å². The molecule has 2 aromatic rings. The summed E-state index contributed by atoms with van der Waals surface area (Å²) >= 11 is 0. The lowest BCUT2D eigenvalue weighted by Gasteiger charge is -2.32. The molecule has 1 fully saturated rings. The number of benzene rings is 1. The summed E-state index contributed by atoms with van der Waals surface area (Å²) in [7, 11) is 0. The van der Waals surface area contributed by atoms with Gasteiger partial charge in [-0.3, -0.25) is 0 Å². The maximum Gasteiger partial charge on any atom is 0.172 e. The van der Waals surface area contributed by atoms with Crippen molar-refractivity contribution in [1.29, 1.82) is 0 Å². The minimum absolute atomic E-state index is 0.367. The van der Waals surface area contributed by atoms with Crippen LogP contribution in [0.2, 0.25) is 0 Å². The lowest BCUT2D eigenvalue weighted by molar-refractivity contribution is 0.0458. The van der Waals surface area contributed by atoms with Crippen LogP contribution in [0.25, 0.3) is 11.0 Å². The van der Waals surface area contributed by atoms with Crippen molar-refractivity contribution in [2.75, 3.05) is 30.3 Å². The number of aromatic nitrogens is 2. The van der Waals surface area contributed by atoms with Crippen LogP contribution in [-0.4, -0.2) is 35.8 Å². The van der Waals surface area contributed by atoms with Crippen molar-refractivity contribution in [3.63, 3.8) is 0 Å². The molecule has 5 nitrogen and oxygen atoms in total. The molecule has 0 amide bonds. The largest absolute Gasteiger partial charge is 0.381 e. The summed E-state index contributed by atoms with van der Waals surface area (Å²) in [6, 6.07) is 7.82. The summed E-state index contributed by atoms with van der Waals surface area (Å²) in [5, 5.41) is 0. The van der Waals surface area contributed by atoms with Crippen molar-refractivity contribution in [2.45, 2.75) is 25.9 Å². The zero-order valence-electron chi connectivity index (χ0n) is 11.7. The van der Waals surface area contributed by atoms with Crippen molar-refractivity contribution in [2.24, 2.45) is 0 Å². The normalized spacial score (nSPS) is 16.8. The maximum absolute atomic E-state index is 6.06. The number of hydrogen-bond donors (Lipinski definition) is 1. The first-order chi connectivity index (χ1) is 9.78. The van der Waals surface area contributed by atoms with Crippen LogP contribution in [0, 0.1) is 0 Å². The maximum atomic E-state index is 6.06. The first-order valence-electron chi connectivity index (χ1n) is 7.16. The second-order valence-electron chi connectivity index (χ2n) is 5.06. The average molecular weight is 272 g/mol. The highest BCUT2D eigenvalue weighted by molar-refractivity contribution is 5.79. The third-order valence-electron chi connectivity index (χ3n) is 3.72. The number of rotatable bonds is 3. The van der Waals surface area contributed by atoms with Gasteiger partial charge in [-0.2, -0.15) is 0 Å². The van der Waals surface area contributed by atoms with Crippen LogP contribution in [0.5, 0.6) is 0 Å². The predicted octanol–water partition coefficient (Wildman–Crippen LogP) is 2.22. The van der Waals surface area contributed by atoms with Gasteiger partial charge in [0.05, 0.1) is 17.1 Å². The van der Waals surface area contributed by atoms with E-state index in [1.165, 1.54) is 0 Å². The molecule has 2 heterocycles. The Balaban J connectivity index is 1.82. The molecule has 1 aliphatic rings. The molecule has 0 radical (unpaired) electrons. The fourth-order valence-corrected chi connectivity index (χ4v) is 2.71. The molecule has 5 heteroatoms. The van der Waals surface area contributed by atoms with Crippen LogP contribution in [0.1, 0.15) is 19.8 Å². The number of para-hydroxylation sites is 2. The predicted molar refractivity (Wildman–Crippen MR) is 80.8 cm³/mol. The summed E-state index contributed by atoms with van der Waals surface area (Å²) in [5.41, 5.74) is 7.80. The molecule has 106 valence electrons. The monoisotopic (exact) mass is 272 g/mol. The Bertz CT molecular complexity index is 593. The molecule has 3 rings (SSSR count). The SMILES string of the molecule is CCOC1CCN(c2nc3ccccc3nc2N)CC1. The van der Waals surface area contributed by atoms with Crippen LogP contribution in [0.4, 0.5) is 11.6 Å². The zero-order chi connectivity index (χ0) is 13.9. The lowest BCUT2D eigenvalue weighted by atomic mass is 10.1. The van der Waals surface area contributed by atoms with Gasteiger partial charge in [0.1, 0.15) is 0 Å². The first kappa shape index (κ1) is 13.1. The quantitative estimate of drug-likeness (QED) is 0.928. The van der Waals surface area contributed by atoms with Crippen molar-refractivity contribution in [1.82, 2.24) is 9.97 Å². The van der Waals surface area contributed by atoms with Crippen molar-refractivity contribution < 1.29 is 4.74 Å². The Morgan fingerprint density at radius 3 is 2.50 bits per heavy atom. The average Bonchev–Trinajstić information content (AvgIpc) is 2.48. The van der Waals surface area contributed by atoms with Gasteiger partial charge in [-0.05, 0) is 31.9 Å². The van der Waals surface area contributed by atoms with Gasteiger partial charge in [-0.1, -0.05) is 12.1 Å². The second-order valence-corrected chi connectivity index (χ2v) is 5.06. The number of nitrogen functional groups attached to an aromatic ring is 1. The highest BCUT2D eigenvalue weighted by Gasteiger charge is 2.22. The van der Waals surface area contributed by atoms with E-state index in [4.69, 9.17) is 10.5 Å². The molecule has 20 heavy (non-hydrogen) atoms. The van der Waals surface area contributed by atoms with Gasteiger partial charge < -0.3 is 15.4 Å². The summed E-state index contributed by atoms with van der Waals surface area (Å²) in [6.45, 7) is 4.66. The summed E-state index contributed by atoms with van der Waals surface area (Å²) in [5.74, 6) is 1.32. The summed E-state index contributed by atoms with van der Waals surface area (Å²) in [4.78, 5) is 11.3. The third kappa shape index (κ3) is 2.54. The van der Waals surface area contributed by atoms with Crippen LogP contribution in [0.15, 0.2) is 24.3 Å². The molecule has 1 aromatic carbocycles. The molecule has 0 atom stereocenters. The zero-order valence-corrected chi connectivity index (χ0v) is 11.7. The fraction of sp³-hybridized carbons (Fsp3) is 0.467. The number of anilines is 2. The number of nitrogens with zero attached hydrogens (tertiary/aromatic N) is 3. The Labute approximate surface area is 118 Å². The molecule has 0 spiro atoms. The minimum atomic E-state index is 0.367. The van der Waals surface area contributed by atoms with E-state index < -0.39 is 0 Å². The van der Waals surface area contributed by atoms with Crippen molar-refractivity contribution in [3.05, 3.63) is 24.3 Å². The lowest BCUT2D eigenvalue weighted by Crippen LogP contribution is -2.38. The van der Waals surface area contributed by atoms with Crippen LogP contribution < -0.4 is 10.6 Å². The Morgan fingerprint density at radius 2 is 1.85 bits per heavy atom. The molecule has 1 aromatic heterocycles. The number of piperidine rings is 1. The van der Waals surface area contributed by atoms with Gasteiger partial charge in [0, 0.05) is 19.7 Å². The van der Waals surface area contributed by atoms with Crippen LogP contribution >= 0.6 is 0 Å². The smallest absolute Gasteiger partial charge is 0.172 e.